The van der Waals surface area contributed by atoms with Gasteiger partial charge in [-0.2, -0.15) is 0 Å². The largest absolute Gasteiger partial charge is 0.481 e. The van der Waals surface area contributed by atoms with E-state index < -0.39 is 5.97 Å². The molecule has 0 aromatic heterocycles. The van der Waals surface area contributed by atoms with Gasteiger partial charge in [0.1, 0.15) is 0 Å². The van der Waals surface area contributed by atoms with Crippen molar-refractivity contribution in [2.75, 3.05) is 6.54 Å². The normalized spacial score (nSPS) is 11.2. The summed E-state index contributed by atoms with van der Waals surface area (Å²) in [6.45, 7) is 3.95. The zero-order valence-corrected chi connectivity index (χ0v) is 16.7. The second-order valence-electron chi connectivity index (χ2n) is 6.68. The van der Waals surface area contributed by atoms with Gasteiger partial charge in [0.05, 0.1) is 0 Å². The van der Waals surface area contributed by atoms with Crippen molar-refractivity contribution in [1.82, 2.24) is 0 Å². The number of unbranched alkanes of at least 4 members (excludes halogenated alkanes) is 8. The van der Waals surface area contributed by atoms with Crippen LogP contribution in [-0.4, -0.2) is 29.5 Å². The monoisotopic (exact) mass is 372 g/mol. The molecular formula is C19H40N4O3. The zero-order chi connectivity index (χ0) is 20.2. The molecule has 154 valence electrons. The lowest BCUT2D eigenvalue weighted by molar-refractivity contribution is -0.134. The summed E-state index contributed by atoms with van der Waals surface area (Å²) in [5.74, 6) is -0.852. The van der Waals surface area contributed by atoms with Crippen LogP contribution in [0.1, 0.15) is 90.9 Å². The second-order valence-corrected chi connectivity index (χ2v) is 6.68. The van der Waals surface area contributed by atoms with E-state index >= 15 is 0 Å². The Morgan fingerprint density at radius 1 is 0.846 bits per heavy atom. The van der Waals surface area contributed by atoms with Crippen molar-refractivity contribution < 1.29 is 14.7 Å². The van der Waals surface area contributed by atoms with E-state index in [4.69, 9.17) is 27.1 Å². The standard InChI is InChI=1S/C17H36N4O.C2H4O2/c1-2-3-4-5-6-7-8-9-12-15(16(18)22)13-10-11-14-21-17(19)20;1-2(3)4/h15H,2-14H2,1H3,(H2,18,22)(H4,19,20,21);1H3,(H,3,4). The lowest BCUT2D eigenvalue weighted by Gasteiger charge is -2.12. The second kappa shape index (κ2) is 19.5. The highest BCUT2D eigenvalue weighted by atomic mass is 16.4. The smallest absolute Gasteiger partial charge is 0.300 e. The molecule has 1 unspecified atom stereocenters. The van der Waals surface area contributed by atoms with Gasteiger partial charge >= 0.3 is 0 Å². The lowest BCUT2D eigenvalue weighted by atomic mass is 9.94. The van der Waals surface area contributed by atoms with Crippen LogP contribution in [-0.2, 0) is 9.59 Å². The van der Waals surface area contributed by atoms with Crippen LogP contribution in [0.3, 0.4) is 0 Å². The van der Waals surface area contributed by atoms with E-state index in [1.165, 1.54) is 44.9 Å². The van der Waals surface area contributed by atoms with Crippen molar-refractivity contribution >= 4 is 17.8 Å². The highest BCUT2D eigenvalue weighted by Gasteiger charge is 2.14. The van der Waals surface area contributed by atoms with Gasteiger partial charge in [-0.05, 0) is 19.3 Å². The minimum Gasteiger partial charge on any atom is -0.481 e. The van der Waals surface area contributed by atoms with E-state index in [-0.39, 0.29) is 17.8 Å². The molecule has 0 rings (SSSR count). The summed E-state index contributed by atoms with van der Waals surface area (Å²) in [7, 11) is 0. The Morgan fingerprint density at radius 3 is 1.69 bits per heavy atom. The van der Waals surface area contributed by atoms with Gasteiger partial charge in [-0.1, -0.05) is 64.7 Å². The molecule has 0 saturated heterocycles. The van der Waals surface area contributed by atoms with Crippen molar-refractivity contribution in [3.63, 3.8) is 0 Å². The molecule has 0 aliphatic rings. The topological polar surface area (TPSA) is 145 Å². The lowest BCUT2D eigenvalue weighted by Crippen LogP contribution is -2.24. The highest BCUT2D eigenvalue weighted by molar-refractivity contribution is 5.76. The number of aliphatic carboxylic acids is 1. The van der Waals surface area contributed by atoms with Crippen molar-refractivity contribution in [3.05, 3.63) is 0 Å². The summed E-state index contributed by atoms with van der Waals surface area (Å²) in [6, 6.07) is 0. The maximum atomic E-state index is 11.5. The van der Waals surface area contributed by atoms with Gasteiger partial charge in [0, 0.05) is 19.4 Å². The van der Waals surface area contributed by atoms with E-state index in [0.29, 0.717) is 6.54 Å². The van der Waals surface area contributed by atoms with E-state index in [9.17, 15) is 4.79 Å². The fourth-order valence-corrected chi connectivity index (χ4v) is 2.66. The fraction of sp³-hybridized carbons (Fsp3) is 0.842. The Labute approximate surface area is 158 Å². The first-order valence-corrected chi connectivity index (χ1v) is 9.85. The first kappa shape index (κ1) is 26.4. The van der Waals surface area contributed by atoms with Gasteiger partial charge < -0.3 is 22.3 Å². The van der Waals surface area contributed by atoms with E-state index in [1.807, 2.05) is 0 Å². The number of nitrogens with zero attached hydrogens (tertiary/aromatic N) is 1. The number of aliphatic imine (C=N–C) groups is 1. The number of carbonyl (C=O) groups excluding carboxylic acids is 1. The Bertz CT molecular complexity index is 379. The summed E-state index contributed by atoms with van der Waals surface area (Å²) < 4.78 is 0. The van der Waals surface area contributed by atoms with Gasteiger partial charge in [-0.15, -0.1) is 0 Å². The third-order valence-corrected chi connectivity index (χ3v) is 4.06. The molecule has 7 heteroatoms. The summed E-state index contributed by atoms with van der Waals surface area (Å²) >= 11 is 0. The molecule has 1 amide bonds. The molecule has 0 spiro atoms. The van der Waals surface area contributed by atoms with E-state index in [0.717, 1.165) is 39.0 Å². The number of amides is 1. The minimum atomic E-state index is -0.833. The van der Waals surface area contributed by atoms with Crippen molar-refractivity contribution in [2.45, 2.75) is 90.9 Å². The molecule has 0 aromatic rings. The molecule has 0 aliphatic carbocycles. The van der Waals surface area contributed by atoms with Crippen LogP contribution in [0.4, 0.5) is 0 Å². The van der Waals surface area contributed by atoms with Crippen LogP contribution in [0, 0.1) is 5.92 Å². The number of rotatable bonds is 15. The van der Waals surface area contributed by atoms with Crippen LogP contribution >= 0.6 is 0 Å². The van der Waals surface area contributed by atoms with Crippen LogP contribution < -0.4 is 17.2 Å². The number of carbonyl (C=O) groups is 2. The molecule has 0 heterocycles. The molecule has 0 fully saturated rings. The number of hydrogen-bond acceptors (Lipinski definition) is 3. The quantitative estimate of drug-likeness (QED) is 0.198. The summed E-state index contributed by atoms with van der Waals surface area (Å²) in [5.41, 5.74) is 16.0. The average molecular weight is 373 g/mol. The van der Waals surface area contributed by atoms with Gasteiger partial charge in [0.15, 0.2) is 5.96 Å². The average Bonchev–Trinajstić information content (AvgIpc) is 2.54. The molecule has 26 heavy (non-hydrogen) atoms. The van der Waals surface area contributed by atoms with Crippen molar-refractivity contribution in [1.29, 1.82) is 0 Å². The number of guanidine groups is 1. The molecule has 0 bridgehead atoms. The third kappa shape index (κ3) is 24.5. The molecule has 1 atom stereocenters. The van der Waals surface area contributed by atoms with Crippen LogP contribution in [0.2, 0.25) is 0 Å². The maximum Gasteiger partial charge on any atom is 0.300 e. The molecule has 7 nitrogen and oxygen atoms in total. The Kier molecular flexibility index (Phi) is 19.9. The SMILES string of the molecule is CC(=O)O.CCCCCCCCCCC(CCCCN=C(N)N)C(N)=O. The van der Waals surface area contributed by atoms with Crippen LogP contribution in [0.25, 0.3) is 0 Å². The van der Waals surface area contributed by atoms with Crippen LogP contribution in [0.15, 0.2) is 4.99 Å². The Hall–Kier alpha value is -1.79. The maximum absolute atomic E-state index is 11.5. The molecule has 0 saturated carbocycles. The number of hydrogen-bond donors (Lipinski definition) is 4. The predicted octanol–water partition coefficient (Wildman–Crippen LogP) is 3.15. The zero-order valence-electron chi connectivity index (χ0n) is 16.7. The van der Waals surface area contributed by atoms with Gasteiger partial charge in [0.2, 0.25) is 5.91 Å². The molecule has 7 N–H and O–H groups in total. The Morgan fingerprint density at radius 2 is 1.27 bits per heavy atom. The number of nitrogens with two attached hydrogens (primary N) is 3. The molecule has 0 aliphatic heterocycles. The van der Waals surface area contributed by atoms with Crippen molar-refractivity contribution in [2.24, 2.45) is 28.1 Å². The first-order chi connectivity index (χ1) is 12.3. The number of carboxylic acids is 1. The fourth-order valence-electron chi connectivity index (χ4n) is 2.66. The van der Waals surface area contributed by atoms with Gasteiger partial charge in [0.25, 0.3) is 5.97 Å². The molecule has 0 aromatic carbocycles. The molecular weight excluding hydrogens is 332 g/mol. The third-order valence-electron chi connectivity index (χ3n) is 4.06. The van der Waals surface area contributed by atoms with Gasteiger partial charge in [-0.3, -0.25) is 14.6 Å². The van der Waals surface area contributed by atoms with Gasteiger partial charge in [-0.25, -0.2) is 0 Å². The number of primary amides is 1. The van der Waals surface area contributed by atoms with Crippen molar-refractivity contribution in [3.8, 4) is 0 Å². The van der Waals surface area contributed by atoms with E-state index in [1.54, 1.807) is 0 Å². The van der Waals surface area contributed by atoms with E-state index in [2.05, 4.69) is 11.9 Å². The minimum absolute atomic E-state index is 0.0132. The van der Waals surface area contributed by atoms with Crippen LogP contribution in [0.5, 0.6) is 0 Å². The molecule has 0 radical (unpaired) electrons. The first-order valence-electron chi connectivity index (χ1n) is 9.85. The summed E-state index contributed by atoms with van der Waals surface area (Å²) in [6.07, 6.45) is 13.9. The number of carboxylic acid groups (broad SMARTS) is 1. The summed E-state index contributed by atoms with van der Waals surface area (Å²) in [5, 5.41) is 7.42. The predicted molar refractivity (Wildman–Crippen MR) is 108 cm³/mol. The highest BCUT2D eigenvalue weighted by Crippen LogP contribution is 2.18. The summed E-state index contributed by atoms with van der Waals surface area (Å²) in [4.78, 5) is 24.4. The Balaban J connectivity index is 0.